The molecular weight excluding hydrogens is 259 g/mol. The number of aromatic nitrogens is 2. The molecule has 1 aliphatic heterocycles. The number of aryl methyl sites for hydroxylation is 1. The zero-order valence-electron chi connectivity index (χ0n) is 12.2. The molecule has 0 spiro atoms. The number of rotatable bonds is 3. The van der Waals surface area contributed by atoms with Crippen molar-refractivity contribution in [3.05, 3.63) is 22.9 Å². The van der Waals surface area contributed by atoms with E-state index in [1.807, 2.05) is 40.7 Å². The second kappa shape index (κ2) is 5.00. The quantitative estimate of drug-likeness (QED) is 0.661. The van der Waals surface area contributed by atoms with Gasteiger partial charge in [-0.3, -0.25) is 5.10 Å². The zero-order chi connectivity index (χ0) is 14.3. The minimum atomic E-state index is -0.350. The third kappa shape index (κ3) is 2.76. The average molecular weight is 280 g/mol. The summed E-state index contributed by atoms with van der Waals surface area (Å²) in [5.41, 5.74) is 2.41. The van der Waals surface area contributed by atoms with Crippen LogP contribution in [0.5, 0.6) is 0 Å². The third-order valence-corrected chi connectivity index (χ3v) is 4.31. The fourth-order valence-corrected chi connectivity index (χ4v) is 2.13. The van der Waals surface area contributed by atoms with E-state index >= 15 is 0 Å². The minimum Gasteiger partial charge on any atom is -0.400 e. The molecule has 0 aliphatic carbocycles. The molecule has 104 valence electrons. The van der Waals surface area contributed by atoms with Crippen LogP contribution in [0.2, 0.25) is 0 Å². The van der Waals surface area contributed by atoms with Gasteiger partial charge in [-0.15, -0.1) is 0 Å². The van der Waals surface area contributed by atoms with Crippen molar-refractivity contribution in [1.29, 1.82) is 0 Å². The van der Waals surface area contributed by atoms with Crippen LogP contribution in [0.4, 0.5) is 0 Å². The Morgan fingerprint density at radius 1 is 1.37 bits per heavy atom. The molecule has 1 aliphatic rings. The minimum absolute atomic E-state index is 0.328. The highest BCUT2D eigenvalue weighted by Gasteiger charge is 2.52. The van der Waals surface area contributed by atoms with Gasteiger partial charge < -0.3 is 9.31 Å². The highest BCUT2D eigenvalue weighted by molar-refractivity contribution is 7.80. The molecule has 0 atom stereocenters. The molecule has 0 unspecified atom stereocenters. The van der Waals surface area contributed by atoms with Gasteiger partial charge in [0.05, 0.1) is 17.4 Å². The molecule has 0 bridgehead atoms. The largest absolute Gasteiger partial charge is 0.491 e. The summed E-state index contributed by atoms with van der Waals surface area (Å²) in [5, 5.41) is 6.94. The van der Waals surface area contributed by atoms with Gasteiger partial charge in [0.15, 0.2) is 0 Å². The van der Waals surface area contributed by atoms with E-state index in [0.717, 1.165) is 16.7 Å². The first kappa shape index (κ1) is 14.7. The van der Waals surface area contributed by atoms with Gasteiger partial charge in [0.25, 0.3) is 0 Å². The Kier molecular flexibility index (Phi) is 3.86. The molecule has 0 saturated carbocycles. The van der Waals surface area contributed by atoms with Gasteiger partial charge >= 0.3 is 7.12 Å². The molecule has 0 amide bonds. The Morgan fingerprint density at radius 3 is 2.37 bits per heavy atom. The number of thiol groups is 1. The van der Waals surface area contributed by atoms with E-state index in [0.29, 0.717) is 5.75 Å². The zero-order valence-corrected chi connectivity index (χ0v) is 13.0. The Morgan fingerprint density at radius 2 is 1.95 bits per heavy atom. The van der Waals surface area contributed by atoms with Crippen LogP contribution < -0.4 is 0 Å². The Balaban J connectivity index is 2.26. The van der Waals surface area contributed by atoms with E-state index in [9.17, 15) is 0 Å². The van der Waals surface area contributed by atoms with Crippen LogP contribution >= 0.6 is 12.6 Å². The number of hydrogen-bond acceptors (Lipinski definition) is 4. The molecule has 1 N–H and O–H groups in total. The normalized spacial score (nSPS) is 22.0. The maximum absolute atomic E-state index is 6.04. The summed E-state index contributed by atoms with van der Waals surface area (Å²) in [7, 11) is -0.350. The van der Waals surface area contributed by atoms with E-state index in [-0.39, 0.29) is 18.3 Å². The van der Waals surface area contributed by atoms with Gasteiger partial charge in [-0.05, 0) is 40.1 Å². The SMILES string of the molecule is Cc1[nH]ncc1C=C(CS)B1OC(C)(C)C(C)(C)O1. The third-order valence-electron chi connectivity index (χ3n) is 3.95. The van der Waals surface area contributed by atoms with Crippen molar-refractivity contribution < 1.29 is 9.31 Å². The molecule has 1 aromatic rings. The van der Waals surface area contributed by atoms with E-state index in [1.165, 1.54) is 0 Å². The predicted octanol–water partition coefficient (Wildman–Crippen LogP) is 2.66. The summed E-state index contributed by atoms with van der Waals surface area (Å²) < 4.78 is 12.1. The second-order valence-electron chi connectivity index (χ2n) is 5.92. The number of nitrogens with one attached hydrogen (secondary N) is 1. The van der Waals surface area contributed by atoms with Crippen LogP contribution in [0.25, 0.3) is 6.08 Å². The van der Waals surface area contributed by atoms with Crippen molar-refractivity contribution in [2.45, 2.75) is 45.8 Å². The molecule has 1 saturated heterocycles. The highest BCUT2D eigenvalue weighted by atomic mass is 32.1. The summed E-state index contributed by atoms with van der Waals surface area (Å²) in [6.45, 7) is 10.2. The Hall–Kier alpha value is -0.715. The molecule has 2 heterocycles. The fourth-order valence-electron chi connectivity index (χ4n) is 1.89. The number of H-pyrrole nitrogens is 1. The first-order valence-corrected chi connectivity index (χ1v) is 7.07. The fraction of sp³-hybridized carbons (Fsp3) is 0.615. The molecule has 0 radical (unpaired) electrons. The van der Waals surface area contributed by atoms with E-state index in [2.05, 4.69) is 22.8 Å². The van der Waals surface area contributed by atoms with Gasteiger partial charge in [-0.1, -0.05) is 6.08 Å². The van der Waals surface area contributed by atoms with E-state index < -0.39 is 0 Å². The molecule has 2 rings (SSSR count). The van der Waals surface area contributed by atoms with Gasteiger partial charge in [-0.25, -0.2) is 0 Å². The van der Waals surface area contributed by atoms with Crippen LogP contribution in [0, 0.1) is 6.92 Å². The van der Waals surface area contributed by atoms with E-state index in [1.54, 1.807) is 6.20 Å². The lowest BCUT2D eigenvalue weighted by molar-refractivity contribution is 0.00578. The number of hydrogen-bond donors (Lipinski definition) is 2. The van der Waals surface area contributed by atoms with Gasteiger partial charge in [-0.2, -0.15) is 17.7 Å². The summed E-state index contributed by atoms with van der Waals surface area (Å²) in [5.74, 6) is 0.585. The van der Waals surface area contributed by atoms with Gasteiger partial charge in [0, 0.05) is 17.0 Å². The first-order chi connectivity index (χ1) is 8.77. The lowest BCUT2D eigenvalue weighted by Crippen LogP contribution is -2.41. The second-order valence-corrected chi connectivity index (χ2v) is 6.23. The maximum Gasteiger partial charge on any atom is 0.491 e. The van der Waals surface area contributed by atoms with Crippen LogP contribution in [0.15, 0.2) is 11.7 Å². The summed E-state index contributed by atoms with van der Waals surface area (Å²) in [6.07, 6.45) is 3.83. The lowest BCUT2D eigenvalue weighted by atomic mass is 9.78. The number of nitrogens with zero attached hydrogens (tertiary/aromatic N) is 1. The average Bonchev–Trinajstić information content (AvgIpc) is 2.78. The number of aromatic amines is 1. The van der Waals surface area contributed by atoms with Crippen LogP contribution in [0.3, 0.4) is 0 Å². The van der Waals surface area contributed by atoms with Crippen LogP contribution in [0.1, 0.15) is 39.0 Å². The molecule has 6 heteroatoms. The predicted molar refractivity (Wildman–Crippen MR) is 81.2 cm³/mol. The maximum atomic E-state index is 6.04. The highest BCUT2D eigenvalue weighted by Crippen LogP contribution is 2.39. The molecule has 0 aromatic carbocycles. The molecular formula is C13H21BN2O2S. The van der Waals surface area contributed by atoms with Gasteiger partial charge in [0.1, 0.15) is 0 Å². The Bertz CT molecular complexity index is 481. The Labute approximate surface area is 120 Å². The van der Waals surface area contributed by atoms with Crippen molar-refractivity contribution in [2.24, 2.45) is 0 Å². The summed E-state index contributed by atoms with van der Waals surface area (Å²) in [4.78, 5) is 0. The van der Waals surface area contributed by atoms with Crippen LogP contribution in [-0.4, -0.2) is 34.3 Å². The lowest BCUT2D eigenvalue weighted by Gasteiger charge is -2.32. The van der Waals surface area contributed by atoms with Crippen molar-refractivity contribution in [2.75, 3.05) is 5.75 Å². The van der Waals surface area contributed by atoms with Crippen molar-refractivity contribution in [1.82, 2.24) is 10.2 Å². The first-order valence-electron chi connectivity index (χ1n) is 6.44. The van der Waals surface area contributed by atoms with Gasteiger partial charge in [0.2, 0.25) is 0 Å². The monoisotopic (exact) mass is 280 g/mol. The molecule has 4 nitrogen and oxygen atoms in total. The van der Waals surface area contributed by atoms with Crippen molar-refractivity contribution >= 4 is 25.8 Å². The summed E-state index contributed by atoms with van der Waals surface area (Å²) in [6, 6.07) is 0. The standard InChI is InChI=1S/C13H21BN2O2S/c1-9-10(7-15-16-9)6-11(8-19)14-17-12(2,3)13(4,5)18-14/h6-7,19H,8H2,1-5H3,(H,15,16). The van der Waals surface area contributed by atoms with Crippen molar-refractivity contribution in [3.8, 4) is 0 Å². The smallest absolute Gasteiger partial charge is 0.400 e. The van der Waals surface area contributed by atoms with Crippen LogP contribution in [-0.2, 0) is 9.31 Å². The topological polar surface area (TPSA) is 47.1 Å². The summed E-state index contributed by atoms with van der Waals surface area (Å²) >= 11 is 4.39. The molecule has 1 aromatic heterocycles. The molecule has 1 fully saturated rings. The van der Waals surface area contributed by atoms with E-state index in [4.69, 9.17) is 9.31 Å². The molecule has 19 heavy (non-hydrogen) atoms. The van der Waals surface area contributed by atoms with Crippen molar-refractivity contribution in [3.63, 3.8) is 0 Å².